The molecule has 0 aromatic heterocycles. The Hall–Kier alpha value is -1.26. The quantitative estimate of drug-likeness (QED) is 0.795. The summed E-state index contributed by atoms with van der Waals surface area (Å²) in [6.07, 6.45) is 0.201. The molecule has 1 heterocycles. The van der Waals surface area contributed by atoms with Crippen molar-refractivity contribution in [1.82, 2.24) is 0 Å². The minimum absolute atomic E-state index is 0.317. The fourth-order valence-electron chi connectivity index (χ4n) is 1.78. The summed E-state index contributed by atoms with van der Waals surface area (Å²) in [6, 6.07) is 5.57. The van der Waals surface area contributed by atoms with Gasteiger partial charge in [-0.2, -0.15) is 0 Å². The first-order chi connectivity index (χ1) is 7.56. The molecular weight excluding hydrogens is 208 g/mol. The largest absolute Gasteiger partial charge is 0.497 e. The highest BCUT2D eigenvalue weighted by molar-refractivity contribution is 5.44. The molecule has 1 aliphatic rings. The molecule has 0 fully saturated rings. The van der Waals surface area contributed by atoms with Gasteiger partial charge in [0.1, 0.15) is 23.2 Å². The average molecular weight is 224 g/mol. The molecule has 0 radical (unpaired) electrons. The molecule has 1 aromatic carbocycles. The molecule has 4 nitrogen and oxygen atoms in total. The second-order valence-corrected chi connectivity index (χ2v) is 4.30. The van der Waals surface area contributed by atoms with Crippen molar-refractivity contribution in [1.29, 1.82) is 0 Å². The lowest BCUT2D eigenvalue weighted by molar-refractivity contribution is -0.0729. The van der Waals surface area contributed by atoms with E-state index in [1.807, 2.05) is 12.1 Å². The third-order valence-corrected chi connectivity index (χ3v) is 2.96. The van der Waals surface area contributed by atoms with E-state index in [-0.39, 0.29) is 6.61 Å². The van der Waals surface area contributed by atoms with Gasteiger partial charge in [0, 0.05) is 12.5 Å². The molecule has 0 saturated heterocycles. The van der Waals surface area contributed by atoms with Gasteiger partial charge in [-0.1, -0.05) is 6.07 Å². The Bertz CT molecular complexity index is 387. The first-order valence-corrected chi connectivity index (χ1v) is 5.23. The number of hydrogen-bond acceptors (Lipinski definition) is 4. The molecule has 2 unspecified atom stereocenters. The molecule has 1 aromatic rings. The van der Waals surface area contributed by atoms with Crippen molar-refractivity contribution in [2.24, 2.45) is 0 Å². The monoisotopic (exact) mass is 224 g/mol. The van der Waals surface area contributed by atoms with Crippen molar-refractivity contribution in [3.05, 3.63) is 23.8 Å². The van der Waals surface area contributed by atoms with Gasteiger partial charge in [-0.05, 0) is 18.6 Å². The van der Waals surface area contributed by atoms with Crippen molar-refractivity contribution in [3.63, 3.8) is 0 Å². The minimum Gasteiger partial charge on any atom is -0.497 e. The van der Waals surface area contributed by atoms with E-state index in [2.05, 4.69) is 0 Å². The molecule has 2 atom stereocenters. The van der Waals surface area contributed by atoms with Crippen molar-refractivity contribution >= 4 is 0 Å². The van der Waals surface area contributed by atoms with E-state index in [9.17, 15) is 5.11 Å². The van der Waals surface area contributed by atoms with E-state index in [1.54, 1.807) is 20.1 Å². The SMILES string of the molecule is COc1ccc2c(c1)OC(C(C)(O)CO)C2. The average Bonchev–Trinajstić information content (AvgIpc) is 2.72. The van der Waals surface area contributed by atoms with Crippen LogP contribution in [0.5, 0.6) is 11.5 Å². The van der Waals surface area contributed by atoms with Crippen LogP contribution >= 0.6 is 0 Å². The second-order valence-electron chi connectivity index (χ2n) is 4.30. The fraction of sp³-hybridized carbons (Fsp3) is 0.500. The molecule has 2 N–H and O–H groups in total. The molecule has 0 bridgehead atoms. The maximum atomic E-state index is 9.92. The van der Waals surface area contributed by atoms with Crippen LogP contribution in [0, 0.1) is 0 Å². The third-order valence-electron chi connectivity index (χ3n) is 2.96. The molecule has 0 saturated carbocycles. The molecular formula is C12H16O4. The summed E-state index contributed by atoms with van der Waals surface area (Å²) >= 11 is 0. The van der Waals surface area contributed by atoms with Crippen LogP contribution in [0.25, 0.3) is 0 Å². The Morgan fingerprint density at radius 3 is 2.94 bits per heavy atom. The summed E-state index contributed by atoms with van der Waals surface area (Å²) in [7, 11) is 1.60. The maximum absolute atomic E-state index is 9.92. The van der Waals surface area contributed by atoms with Crippen LogP contribution in [-0.4, -0.2) is 35.6 Å². The smallest absolute Gasteiger partial charge is 0.133 e. The summed E-state index contributed by atoms with van der Waals surface area (Å²) in [5, 5.41) is 19.0. The number of fused-ring (bicyclic) bond motifs is 1. The minimum atomic E-state index is -1.22. The Kier molecular flexibility index (Phi) is 2.78. The number of ether oxygens (including phenoxy) is 2. The molecule has 2 rings (SSSR count). The van der Waals surface area contributed by atoms with Crippen LogP contribution < -0.4 is 9.47 Å². The Morgan fingerprint density at radius 1 is 1.56 bits per heavy atom. The molecule has 0 amide bonds. The Labute approximate surface area is 94.4 Å². The van der Waals surface area contributed by atoms with Gasteiger partial charge in [-0.25, -0.2) is 0 Å². The van der Waals surface area contributed by atoms with Gasteiger partial charge in [0.2, 0.25) is 0 Å². The molecule has 0 aliphatic carbocycles. The zero-order valence-corrected chi connectivity index (χ0v) is 9.43. The zero-order valence-electron chi connectivity index (χ0n) is 9.43. The predicted octanol–water partition coefficient (Wildman–Crippen LogP) is 0.742. The topological polar surface area (TPSA) is 58.9 Å². The molecule has 4 heteroatoms. The van der Waals surface area contributed by atoms with Gasteiger partial charge >= 0.3 is 0 Å². The van der Waals surface area contributed by atoms with E-state index >= 15 is 0 Å². The first kappa shape index (κ1) is 11.2. The molecule has 88 valence electrons. The highest BCUT2D eigenvalue weighted by Gasteiger charge is 2.38. The second kappa shape index (κ2) is 3.96. The standard InChI is InChI=1S/C12H16O4/c1-12(14,7-13)11-5-8-3-4-9(15-2)6-10(8)16-11/h3-4,6,11,13-14H,5,7H2,1-2H3. The van der Waals surface area contributed by atoms with Gasteiger partial charge in [-0.15, -0.1) is 0 Å². The number of aliphatic hydroxyl groups is 2. The molecule has 16 heavy (non-hydrogen) atoms. The summed E-state index contributed by atoms with van der Waals surface area (Å²) in [6.45, 7) is 1.25. The van der Waals surface area contributed by atoms with E-state index in [1.165, 1.54) is 0 Å². The predicted molar refractivity (Wildman–Crippen MR) is 58.8 cm³/mol. The zero-order chi connectivity index (χ0) is 11.8. The normalized spacial score (nSPS) is 22.1. The van der Waals surface area contributed by atoms with Gasteiger partial charge in [0.15, 0.2) is 0 Å². The lowest BCUT2D eigenvalue weighted by Gasteiger charge is -2.26. The van der Waals surface area contributed by atoms with Crippen LogP contribution in [0.4, 0.5) is 0 Å². The highest BCUT2D eigenvalue weighted by atomic mass is 16.5. The number of methoxy groups -OCH3 is 1. The highest BCUT2D eigenvalue weighted by Crippen LogP contribution is 2.35. The maximum Gasteiger partial charge on any atom is 0.133 e. The number of aliphatic hydroxyl groups excluding tert-OH is 1. The Balaban J connectivity index is 2.21. The fourth-order valence-corrected chi connectivity index (χ4v) is 1.78. The number of benzene rings is 1. The van der Waals surface area contributed by atoms with Crippen molar-refractivity contribution < 1.29 is 19.7 Å². The number of rotatable bonds is 3. The van der Waals surface area contributed by atoms with E-state index in [0.29, 0.717) is 6.42 Å². The van der Waals surface area contributed by atoms with Crippen LogP contribution in [0.15, 0.2) is 18.2 Å². The number of hydrogen-bond donors (Lipinski definition) is 2. The van der Waals surface area contributed by atoms with Gasteiger partial charge in [0.25, 0.3) is 0 Å². The van der Waals surface area contributed by atoms with Crippen molar-refractivity contribution in [3.8, 4) is 11.5 Å². The summed E-state index contributed by atoms with van der Waals surface area (Å²) < 4.78 is 10.7. The lowest BCUT2D eigenvalue weighted by atomic mass is 9.96. The van der Waals surface area contributed by atoms with Gasteiger partial charge in [-0.3, -0.25) is 0 Å². The van der Waals surface area contributed by atoms with Crippen LogP contribution in [0.3, 0.4) is 0 Å². The van der Waals surface area contributed by atoms with Gasteiger partial charge < -0.3 is 19.7 Å². The van der Waals surface area contributed by atoms with Crippen molar-refractivity contribution in [2.75, 3.05) is 13.7 Å². The van der Waals surface area contributed by atoms with Crippen LogP contribution in [0.1, 0.15) is 12.5 Å². The van der Waals surface area contributed by atoms with Crippen molar-refractivity contribution in [2.45, 2.75) is 25.0 Å². The lowest BCUT2D eigenvalue weighted by Crippen LogP contribution is -2.45. The van der Waals surface area contributed by atoms with Gasteiger partial charge in [0.05, 0.1) is 13.7 Å². The molecule has 0 spiro atoms. The van der Waals surface area contributed by atoms with Crippen LogP contribution in [0.2, 0.25) is 0 Å². The van der Waals surface area contributed by atoms with E-state index in [0.717, 1.165) is 17.1 Å². The summed E-state index contributed by atoms with van der Waals surface area (Å²) in [4.78, 5) is 0. The summed E-state index contributed by atoms with van der Waals surface area (Å²) in [5.74, 6) is 1.45. The first-order valence-electron chi connectivity index (χ1n) is 5.23. The Morgan fingerprint density at radius 2 is 2.31 bits per heavy atom. The van der Waals surface area contributed by atoms with E-state index < -0.39 is 11.7 Å². The third kappa shape index (κ3) is 1.86. The van der Waals surface area contributed by atoms with Crippen LogP contribution in [-0.2, 0) is 6.42 Å². The summed E-state index contributed by atoms with van der Waals surface area (Å²) in [5.41, 5.74) is -0.189. The molecule has 1 aliphatic heterocycles. The van der Waals surface area contributed by atoms with E-state index in [4.69, 9.17) is 14.6 Å².